The van der Waals surface area contributed by atoms with Crippen LogP contribution in [0, 0.1) is 11.8 Å². The van der Waals surface area contributed by atoms with Gasteiger partial charge >= 0.3 is 6.18 Å². The van der Waals surface area contributed by atoms with Gasteiger partial charge in [0.2, 0.25) is 17.8 Å². The molecule has 1 aromatic heterocycles. The summed E-state index contributed by atoms with van der Waals surface area (Å²) in [7, 11) is 1.76. The van der Waals surface area contributed by atoms with E-state index in [-0.39, 0.29) is 19.5 Å². The van der Waals surface area contributed by atoms with E-state index in [2.05, 4.69) is 15.6 Å². The molecule has 210 valence electrons. The molecule has 2 aromatic carbocycles. The van der Waals surface area contributed by atoms with Crippen LogP contribution in [0.3, 0.4) is 0 Å². The Morgan fingerprint density at radius 3 is 2.59 bits per heavy atom. The number of hydrogen-bond donors (Lipinski definition) is 2. The molecular weight excluding hydrogens is 564 g/mol. The van der Waals surface area contributed by atoms with E-state index in [1.54, 1.807) is 46.8 Å². The van der Waals surface area contributed by atoms with Crippen molar-refractivity contribution >= 4 is 57.5 Å². The Morgan fingerprint density at radius 2 is 1.90 bits per heavy atom. The minimum Gasteiger partial charge on any atom is -0.370 e. The second kappa shape index (κ2) is 10.3. The maximum atomic E-state index is 13.3. The number of benzene rings is 2. The highest BCUT2D eigenvalue weighted by molar-refractivity contribution is 6.34. The lowest BCUT2D eigenvalue weighted by molar-refractivity contribution is -0.176. The molecule has 1 unspecified atom stereocenters. The number of carbonyl (C=O) groups excluding carboxylic acids is 1. The number of carbonyl (C=O) groups is 1. The van der Waals surface area contributed by atoms with Gasteiger partial charge in [-0.2, -0.15) is 13.2 Å². The van der Waals surface area contributed by atoms with Crippen LogP contribution in [0.25, 0.3) is 11.0 Å². The number of rotatable bonds is 6. The number of amides is 1. The molecule has 13 heteroatoms. The van der Waals surface area contributed by atoms with E-state index in [4.69, 9.17) is 23.2 Å². The molecule has 0 radical (unpaired) electrons. The van der Waals surface area contributed by atoms with Crippen molar-refractivity contribution in [2.75, 3.05) is 23.3 Å². The van der Waals surface area contributed by atoms with Crippen molar-refractivity contribution < 1.29 is 26.7 Å². The maximum Gasteiger partial charge on any atom is 0.393 e. The Labute approximate surface area is 231 Å². The lowest BCUT2D eigenvalue weighted by atomic mass is 9.81. The van der Waals surface area contributed by atoms with Gasteiger partial charge in [-0.05, 0) is 42.7 Å². The van der Waals surface area contributed by atoms with Crippen molar-refractivity contribution in [2.24, 2.45) is 18.9 Å². The van der Waals surface area contributed by atoms with Gasteiger partial charge in [-0.25, -0.2) is 13.8 Å². The fourth-order valence-corrected chi connectivity index (χ4v) is 5.54. The first-order valence-corrected chi connectivity index (χ1v) is 13.2. The number of aryl methyl sites for hydroxylation is 1. The van der Waals surface area contributed by atoms with Crippen LogP contribution in [0.2, 0.25) is 10.0 Å². The van der Waals surface area contributed by atoms with E-state index in [1.807, 2.05) is 0 Å². The Morgan fingerprint density at radius 1 is 1.15 bits per heavy atom. The molecule has 0 spiro atoms. The lowest BCUT2D eigenvalue weighted by Crippen LogP contribution is -2.44. The normalized spacial score (nSPS) is 19.7. The number of halogens is 7. The van der Waals surface area contributed by atoms with Crippen LogP contribution in [0.5, 0.6) is 0 Å². The molecule has 2 aliphatic rings. The van der Waals surface area contributed by atoms with Gasteiger partial charge in [0.05, 0.1) is 38.4 Å². The summed E-state index contributed by atoms with van der Waals surface area (Å²) in [4.78, 5) is 18.4. The predicted octanol–water partition coefficient (Wildman–Crippen LogP) is 7.06. The molecule has 1 saturated heterocycles. The number of imidazole rings is 1. The largest absolute Gasteiger partial charge is 0.393 e. The monoisotopic (exact) mass is 589 g/mol. The highest BCUT2D eigenvalue weighted by Crippen LogP contribution is 2.42. The van der Waals surface area contributed by atoms with Crippen molar-refractivity contribution in [3.63, 3.8) is 0 Å². The number of nitrogens with zero attached hydrogens (tertiary/aromatic N) is 3. The molecule has 2 heterocycles. The molecular formula is C26H26Cl2F5N5O. The summed E-state index contributed by atoms with van der Waals surface area (Å²) in [6, 6.07) is 8.46. The van der Waals surface area contributed by atoms with Crippen LogP contribution in [0.15, 0.2) is 30.3 Å². The van der Waals surface area contributed by atoms with Crippen molar-refractivity contribution in [1.82, 2.24) is 14.9 Å². The van der Waals surface area contributed by atoms with Gasteiger partial charge in [0.15, 0.2) is 0 Å². The Bertz CT molecular complexity index is 1400. The molecule has 6 nitrogen and oxygen atoms in total. The average Bonchev–Trinajstić information content (AvgIpc) is 3.15. The van der Waals surface area contributed by atoms with E-state index in [9.17, 15) is 26.7 Å². The fourth-order valence-electron chi connectivity index (χ4n) is 5.10. The third-order valence-corrected chi connectivity index (χ3v) is 8.01. The van der Waals surface area contributed by atoms with E-state index in [0.29, 0.717) is 56.9 Å². The summed E-state index contributed by atoms with van der Waals surface area (Å²) >= 11 is 12.9. The number of fused-ring (bicyclic) bond motifs is 1. The fraction of sp³-hybridized carbons (Fsp3) is 0.462. The second-order valence-corrected chi connectivity index (χ2v) is 11.0. The van der Waals surface area contributed by atoms with E-state index < -0.39 is 42.7 Å². The Hall–Kier alpha value is -2.79. The van der Waals surface area contributed by atoms with Crippen LogP contribution < -0.4 is 15.5 Å². The molecule has 2 fully saturated rings. The maximum absolute atomic E-state index is 13.3. The molecule has 1 saturated carbocycles. The topological polar surface area (TPSA) is 62.2 Å². The van der Waals surface area contributed by atoms with Gasteiger partial charge in [-0.15, -0.1) is 0 Å². The number of hydrogen-bond acceptors (Lipinski definition) is 4. The summed E-state index contributed by atoms with van der Waals surface area (Å²) in [6.07, 6.45) is -4.63. The molecule has 1 atom stereocenters. The van der Waals surface area contributed by atoms with E-state index in [0.717, 1.165) is 0 Å². The highest BCUT2D eigenvalue weighted by Gasteiger charge is 2.48. The van der Waals surface area contributed by atoms with Crippen LogP contribution >= 0.6 is 23.2 Å². The number of aromatic nitrogens is 2. The first kappa shape index (κ1) is 27.8. The smallest absolute Gasteiger partial charge is 0.370 e. The molecule has 1 amide bonds. The molecule has 3 aromatic rings. The first-order chi connectivity index (χ1) is 18.3. The molecule has 1 aliphatic carbocycles. The van der Waals surface area contributed by atoms with Crippen LogP contribution in [0.1, 0.15) is 31.2 Å². The second-order valence-electron chi connectivity index (χ2n) is 10.2. The summed E-state index contributed by atoms with van der Waals surface area (Å²) in [5.41, 5.74) is 2.95. The summed E-state index contributed by atoms with van der Waals surface area (Å²) in [5, 5.41) is 6.55. The standard InChI is InChI=1S/C26H26Cl2F5N5O/c1-37-22-9-21(38-6-2-3-16(13-38)26(31,32)33)18(28)8-20(22)36-24(37)35-19-7-14(4-5-17(19)27)12-34-23(39)15-10-25(29,30)11-15/h4-5,7-9,15-16H,2-3,6,10-13H2,1H3,(H,34,39)(H,35,36). The summed E-state index contributed by atoms with van der Waals surface area (Å²) in [5.74, 6) is -4.86. The minimum atomic E-state index is -4.26. The zero-order valence-corrected chi connectivity index (χ0v) is 22.4. The number of alkyl halides is 5. The van der Waals surface area contributed by atoms with E-state index >= 15 is 0 Å². The van der Waals surface area contributed by atoms with Crippen LogP contribution in [-0.2, 0) is 18.4 Å². The SMILES string of the molecule is Cn1c(Nc2cc(CNC(=O)C3CC(F)(F)C3)ccc2Cl)nc2cc(Cl)c(N3CCCC(C(F)(F)F)C3)cc21. The summed E-state index contributed by atoms with van der Waals surface area (Å²) < 4.78 is 67.9. The average molecular weight is 590 g/mol. The third-order valence-electron chi connectivity index (χ3n) is 7.38. The molecule has 2 N–H and O–H groups in total. The number of piperidine rings is 1. The summed E-state index contributed by atoms with van der Waals surface area (Å²) in [6.45, 7) is 0.464. The minimum absolute atomic E-state index is 0.0969. The lowest BCUT2D eigenvalue weighted by Gasteiger charge is -2.35. The predicted molar refractivity (Wildman–Crippen MR) is 141 cm³/mol. The van der Waals surface area contributed by atoms with Crippen molar-refractivity contribution in [2.45, 2.75) is 44.3 Å². The third kappa shape index (κ3) is 5.89. The molecule has 5 rings (SSSR count). The molecule has 1 aliphatic heterocycles. The number of anilines is 3. The van der Waals surface area contributed by atoms with Crippen molar-refractivity contribution in [1.29, 1.82) is 0 Å². The Kier molecular flexibility index (Phi) is 7.34. The molecule has 39 heavy (non-hydrogen) atoms. The van der Waals surface area contributed by atoms with E-state index in [1.165, 1.54) is 0 Å². The van der Waals surface area contributed by atoms with Crippen molar-refractivity contribution in [3.05, 3.63) is 45.9 Å². The van der Waals surface area contributed by atoms with Crippen LogP contribution in [-0.4, -0.2) is 40.6 Å². The molecule has 0 bridgehead atoms. The quantitative estimate of drug-likeness (QED) is 0.302. The van der Waals surface area contributed by atoms with Gasteiger partial charge in [-0.1, -0.05) is 29.3 Å². The van der Waals surface area contributed by atoms with Gasteiger partial charge in [0.25, 0.3) is 0 Å². The van der Waals surface area contributed by atoms with Gasteiger partial charge in [-0.3, -0.25) is 4.79 Å². The zero-order valence-electron chi connectivity index (χ0n) is 20.9. The van der Waals surface area contributed by atoms with Gasteiger partial charge in [0, 0.05) is 45.4 Å². The van der Waals surface area contributed by atoms with Crippen LogP contribution in [0.4, 0.5) is 39.3 Å². The first-order valence-electron chi connectivity index (χ1n) is 12.5. The van der Waals surface area contributed by atoms with Crippen molar-refractivity contribution in [3.8, 4) is 0 Å². The number of nitrogens with one attached hydrogen (secondary N) is 2. The Balaban J connectivity index is 1.33. The van der Waals surface area contributed by atoms with Gasteiger partial charge in [0.1, 0.15) is 0 Å². The highest BCUT2D eigenvalue weighted by atomic mass is 35.5. The zero-order chi connectivity index (χ0) is 28.1. The van der Waals surface area contributed by atoms with Gasteiger partial charge < -0.3 is 20.1 Å².